The maximum Gasteiger partial charge on any atom is 0.236 e. The van der Waals surface area contributed by atoms with E-state index in [2.05, 4.69) is 18.7 Å². The van der Waals surface area contributed by atoms with Gasteiger partial charge in [0.15, 0.2) is 0 Å². The third-order valence-electron chi connectivity index (χ3n) is 3.97. The van der Waals surface area contributed by atoms with Gasteiger partial charge in [-0.25, -0.2) is 12.4 Å². The van der Waals surface area contributed by atoms with Gasteiger partial charge in [-0.3, -0.25) is 0 Å². The molecule has 0 bridgehead atoms. The minimum atomic E-state index is -3.42. The van der Waals surface area contributed by atoms with E-state index in [1.807, 2.05) is 41.8 Å². The van der Waals surface area contributed by atoms with Gasteiger partial charge in [0.05, 0.1) is 28.0 Å². The number of rotatable bonds is 5. The maximum atomic E-state index is 12.5. The zero-order valence-electron chi connectivity index (χ0n) is 13.5. The summed E-state index contributed by atoms with van der Waals surface area (Å²) in [4.78, 5) is 3.19. The molecule has 1 aromatic carbocycles. The molecule has 0 aliphatic carbocycles. The highest BCUT2D eigenvalue weighted by molar-refractivity contribution is 7.89. The highest BCUT2D eigenvalue weighted by atomic mass is 32.2. The second kappa shape index (κ2) is 6.02. The van der Waals surface area contributed by atoms with E-state index in [-0.39, 0.29) is 0 Å². The summed E-state index contributed by atoms with van der Waals surface area (Å²) in [6.07, 6.45) is 1.27. The molecule has 0 aliphatic rings. The molecule has 0 unspecified atom stereocenters. The van der Waals surface area contributed by atoms with Crippen LogP contribution in [0.4, 0.5) is 5.69 Å². The zero-order chi connectivity index (χ0) is 16.6. The van der Waals surface area contributed by atoms with Crippen LogP contribution in [0.5, 0.6) is 0 Å². The van der Waals surface area contributed by atoms with Gasteiger partial charge in [0.2, 0.25) is 10.0 Å². The van der Waals surface area contributed by atoms with Crippen molar-refractivity contribution < 1.29 is 8.42 Å². The van der Waals surface area contributed by atoms with Gasteiger partial charge in [-0.15, -0.1) is 11.3 Å². The predicted octanol–water partition coefficient (Wildman–Crippen LogP) is 4.02. The number of hydrogen-bond donors (Lipinski definition) is 0. The summed E-state index contributed by atoms with van der Waals surface area (Å²) in [6, 6.07) is 11.7. The first-order valence-corrected chi connectivity index (χ1v) is 10.3. The van der Waals surface area contributed by atoms with E-state index in [1.54, 1.807) is 11.3 Å². The van der Waals surface area contributed by atoms with Crippen LogP contribution in [-0.2, 0) is 10.0 Å². The van der Waals surface area contributed by atoms with Crippen molar-refractivity contribution in [2.45, 2.75) is 13.8 Å². The predicted molar refractivity (Wildman–Crippen MR) is 99.1 cm³/mol. The molecule has 3 aromatic rings. The van der Waals surface area contributed by atoms with Crippen molar-refractivity contribution >= 4 is 38.0 Å². The number of para-hydroxylation sites is 1. The second-order valence-corrected chi connectivity index (χ2v) is 8.17. The minimum Gasteiger partial charge on any atom is -0.370 e. The number of fused-ring (bicyclic) bond motifs is 1. The lowest BCUT2D eigenvalue weighted by molar-refractivity contribution is 0.595. The van der Waals surface area contributed by atoms with E-state index < -0.39 is 10.0 Å². The molecule has 0 aliphatic heterocycles. The molecule has 0 amide bonds. The van der Waals surface area contributed by atoms with E-state index in [0.717, 1.165) is 40.3 Å². The van der Waals surface area contributed by atoms with Crippen molar-refractivity contribution in [3.8, 4) is 10.6 Å². The summed E-state index contributed by atoms with van der Waals surface area (Å²) >= 11 is 1.56. The first kappa shape index (κ1) is 16.1. The molecule has 0 atom stereocenters. The van der Waals surface area contributed by atoms with Crippen LogP contribution >= 0.6 is 11.3 Å². The number of hydrogen-bond acceptors (Lipinski definition) is 4. The Morgan fingerprint density at radius 3 is 2.35 bits per heavy atom. The highest BCUT2D eigenvalue weighted by Gasteiger charge is 2.26. The minimum absolute atomic E-state index is 0.736. The number of aromatic nitrogens is 1. The molecular formula is C17H20N2O2S2. The van der Waals surface area contributed by atoms with Crippen LogP contribution in [0.2, 0.25) is 0 Å². The second-order valence-electron chi connectivity index (χ2n) is 5.39. The number of nitrogens with zero attached hydrogens (tertiary/aromatic N) is 2. The van der Waals surface area contributed by atoms with Crippen LogP contribution < -0.4 is 4.90 Å². The van der Waals surface area contributed by atoms with Gasteiger partial charge in [-0.05, 0) is 31.4 Å². The first-order chi connectivity index (χ1) is 11.0. The molecule has 0 saturated heterocycles. The average Bonchev–Trinajstić information content (AvgIpc) is 3.13. The molecule has 0 saturated carbocycles. The lowest BCUT2D eigenvalue weighted by atomic mass is 10.2. The average molecular weight is 348 g/mol. The van der Waals surface area contributed by atoms with Crippen molar-refractivity contribution in [1.82, 2.24) is 3.97 Å². The Balaban J connectivity index is 2.52. The molecule has 122 valence electrons. The van der Waals surface area contributed by atoms with E-state index in [4.69, 9.17) is 0 Å². The van der Waals surface area contributed by atoms with Crippen LogP contribution in [0.25, 0.3) is 21.5 Å². The number of thiophene rings is 1. The highest BCUT2D eigenvalue weighted by Crippen LogP contribution is 2.42. The van der Waals surface area contributed by atoms with Gasteiger partial charge in [0, 0.05) is 18.5 Å². The zero-order valence-corrected chi connectivity index (χ0v) is 15.1. The van der Waals surface area contributed by atoms with E-state index >= 15 is 0 Å². The van der Waals surface area contributed by atoms with Crippen LogP contribution in [0.3, 0.4) is 0 Å². The molecule has 0 radical (unpaired) electrons. The Bertz CT molecular complexity index is 921. The Labute approximate surface area is 141 Å². The summed E-state index contributed by atoms with van der Waals surface area (Å²) in [5.41, 5.74) is 2.51. The monoisotopic (exact) mass is 348 g/mol. The van der Waals surface area contributed by atoms with Gasteiger partial charge >= 0.3 is 0 Å². The van der Waals surface area contributed by atoms with Gasteiger partial charge < -0.3 is 4.90 Å². The third-order valence-corrected chi connectivity index (χ3v) is 5.89. The third kappa shape index (κ3) is 2.66. The van der Waals surface area contributed by atoms with E-state index in [9.17, 15) is 8.42 Å². The van der Waals surface area contributed by atoms with Crippen LogP contribution in [0.15, 0.2) is 41.8 Å². The van der Waals surface area contributed by atoms with Crippen LogP contribution in [0.1, 0.15) is 13.8 Å². The number of benzene rings is 1. The molecule has 0 fully saturated rings. The van der Waals surface area contributed by atoms with Gasteiger partial charge in [-0.1, -0.05) is 24.3 Å². The van der Waals surface area contributed by atoms with Crippen molar-refractivity contribution in [1.29, 1.82) is 0 Å². The Morgan fingerprint density at radius 1 is 1.09 bits per heavy atom. The smallest absolute Gasteiger partial charge is 0.236 e. The Hall–Kier alpha value is -1.79. The quantitative estimate of drug-likeness (QED) is 0.699. The van der Waals surface area contributed by atoms with Crippen LogP contribution in [-0.4, -0.2) is 31.7 Å². The van der Waals surface area contributed by atoms with Gasteiger partial charge in [0.25, 0.3) is 0 Å². The molecule has 4 nitrogen and oxygen atoms in total. The maximum absolute atomic E-state index is 12.5. The summed E-state index contributed by atoms with van der Waals surface area (Å²) in [6.45, 7) is 5.84. The SMILES string of the molecule is CCN(CC)c1c(-c2cccs2)n(S(C)(=O)=O)c2ccccc12. The molecular weight excluding hydrogens is 328 g/mol. The fourth-order valence-electron chi connectivity index (χ4n) is 3.03. The van der Waals surface area contributed by atoms with Crippen molar-refractivity contribution in [2.24, 2.45) is 0 Å². The van der Waals surface area contributed by atoms with E-state index in [0.29, 0.717) is 0 Å². The summed E-state index contributed by atoms with van der Waals surface area (Å²) in [5, 5.41) is 2.95. The van der Waals surface area contributed by atoms with E-state index in [1.165, 1.54) is 10.2 Å². The molecule has 23 heavy (non-hydrogen) atoms. The fourth-order valence-corrected chi connectivity index (χ4v) is 4.88. The summed E-state index contributed by atoms with van der Waals surface area (Å²) in [7, 11) is -3.42. The molecule has 2 heterocycles. The molecule has 2 aromatic heterocycles. The topological polar surface area (TPSA) is 42.3 Å². The molecule has 6 heteroatoms. The summed E-state index contributed by atoms with van der Waals surface area (Å²) in [5.74, 6) is 0. The standard InChI is InChI=1S/C17H20N2O2S2/c1-4-18(5-2)16-13-9-6-7-10-14(13)19(23(3,20)21)17(16)15-11-8-12-22-15/h6-12H,4-5H2,1-3H3. The lowest BCUT2D eigenvalue weighted by Gasteiger charge is -2.22. The van der Waals surface area contributed by atoms with Crippen LogP contribution in [0, 0.1) is 0 Å². The largest absolute Gasteiger partial charge is 0.370 e. The Morgan fingerprint density at radius 2 is 1.78 bits per heavy atom. The lowest BCUT2D eigenvalue weighted by Crippen LogP contribution is -2.22. The normalized spacial score (nSPS) is 12.0. The molecule has 0 N–H and O–H groups in total. The summed E-state index contributed by atoms with van der Waals surface area (Å²) < 4.78 is 26.5. The first-order valence-electron chi connectivity index (χ1n) is 7.61. The molecule has 0 spiro atoms. The van der Waals surface area contributed by atoms with Crippen molar-refractivity contribution in [2.75, 3.05) is 24.2 Å². The number of anilines is 1. The molecule has 3 rings (SSSR count). The van der Waals surface area contributed by atoms with Gasteiger partial charge in [0.1, 0.15) is 0 Å². The van der Waals surface area contributed by atoms with Gasteiger partial charge in [-0.2, -0.15) is 0 Å². The van der Waals surface area contributed by atoms with Crippen molar-refractivity contribution in [3.05, 3.63) is 41.8 Å². The Kier molecular flexibility index (Phi) is 4.21. The fraction of sp³-hybridized carbons (Fsp3) is 0.294. The van der Waals surface area contributed by atoms with Crippen molar-refractivity contribution in [3.63, 3.8) is 0 Å².